The van der Waals surface area contributed by atoms with Crippen molar-refractivity contribution in [3.63, 3.8) is 0 Å². The van der Waals surface area contributed by atoms with Gasteiger partial charge >= 0.3 is 0 Å². The Morgan fingerprint density at radius 1 is 1.29 bits per heavy atom. The number of rotatable bonds is 6. The van der Waals surface area contributed by atoms with E-state index in [2.05, 4.69) is 31.0 Å². The minimum atomic E-state index is 0.754. The molecule has 0 aliphatic carbocycles. The van der Waals surface area contributed by atoms with Gasteiger partial charge in [0.15, 0.2) is 0 Å². The lowest BCUT2D eigenvalue weighted by atomic mass is 10.3. The quantitative estimate of drug-likeness (QED) is 0.536. The lowest BCUT2D eigenvalue weighted by molar-refractivity contribution is 0.442. The smallest absolute Gasteiger partial charge is 0.145 e. The Balaban J connectivity index is 2.73. The summed E-state index contributed by atoms with van der Waals surface area (Å²) in [5.41, 5.74) is 0. The maximum atomic E-state index is 5.72. The molecule has 2 heteroatoms. The van der Waals surface area contributed by atoms with Crippen LogP contribution in [-0.2, 0) is 0 Å². The summed E-state index contributed by atoms with van der Waals surface area (Å²) in [6.45, 7) is 4.20. The van der Waals surface area contributed by atoms with Gasteiger partial charge in [-0.2, -0.15) is 0 Å². The molecule has 1 heterocycles. The van der Waals surface area contributed by atoms with Gasteiger partial charge in [0.1, 0.15) is 11.5 Å². The van der Waals surface area contributed by atoms with E-state index in [4.69, 9.17) is 4.74 Å². The molecular formula is C15H19NO. The molecule has 0 bridgehead atoms. The van der Waals surface area contributed by atoms with Crippen LogP contribution in [0.2, 0.25) is 0 Å². The molecule has 0 spiro atoms. The van der Waals surface area contributed by atoms with E-state index >= 15 is 0 Å². The zero-order valence-electron chi connectivity index (χ0n) is 10.5. The predicted molar refractivity (Wildman–Crippen MR) is 71.8 cm³/mol. The highest BCUT2D eigenvalue weighted by Gasteiger charge is 1.95. The number of ether oxygens (including phenoxy) is 1. The van der Waals surface area contributed by atoms with Crippen molar-refractivity contribution >= 4 is 0 Å². The summed E-state index contributed by atoms with van der Waals surface area (Å²) >= 11 is 0. The molecule has 0 unspecified atom stereocenters. The van der Waals surface area contributed by atoms with Gasteiger partial charge in [-0.3, -0.25) is 4.98 Å². The van der Waals surface area contributed by atoms with Crippen LogP contribution >= 0.6 is 0 Å². The third-order valence-electron chi connectivity index (χ3n) is 2.02. The van der Waals surface area contributed by atoms with Crippen molar-refractivity contribution in [2.45, 2.75) is 26.7 Å². The van der Waals surface area contributed by atoms with Crippen LogP contribution in [0.15, 0.2) is 60.7 Å². The molecule has 17 heavy (non-hydrogen) atoms. The van der Waals surface area contributed by atoms with E-state index in [1.165, 1.54) is 0 Å². The molecule has 90 valence electrons. The van der Waals surface area contributed by atoms with Gasteiger partial charge in [-0.15, -0.1) is 0 Å². The maximum Gasteiger partial charge on any atom is 0.145 e. The van der Waals surface area contributed by atoms with Crippen LogP contribution in [0.1, 0.15) is 26.7 Å². The molecule has 1 rings (SSSR count). The van der Waals surface area contributed by atoms with Gasteiger partial charge in [-0.25, -0.2) is 0 Å². The van der Waals surface area contributed by atoms with Crippen LogP contribution in [0.4, 0.5) is 0 Å². The molecule has 0 radical (unpaired) electrons. The molecule has 0 amide bonds. The lowest BCUT2D eigenvalue weighted by Gasteiger charge is -2.04. The van der Waals surface area contributed by atoms with E-state index in [1.807, 2.05) is 30.4 Å². The molecule has 2 nitrogen and oxygen atoms in total. The molecular weight excluding hydrogens is 210 g/mol. The second kappa shape index (κ2) is 8.34. The fourth-order valence-electron chi connectivity index (χ4n) is 1.20. The Hall–Kier alpha value is -1.83. The Kier molecular flexibility index (Phi) is 6.49. The van der Waals surface area contributed by atoms with Crippen LogP contribution in [0.25, 0.3) is 0 Å². The Bertz CT molecular complexity index is 391. The van der Waals surface area contributed by atoms with E-state index in [9.17, 15) is 0 Å². The molecule has 0 aromatic carbocycles. The Labute approximate surface area is 103 Å². The van der Waals surface area contributed by atoms with Crippen molar-refractivity contribution in [3.8, 4) is 5.75 Å². The fraction of sp³-hybridized carbons (Fsp3) is 0.267. The monoisotopic (exact) mass is 229 g/mol. The number of nitrogens with zero attached hydrogens (tertiary/aromatic N) is 1. The normalized spacial score (nSPS) is 12.5. The topological polar surface area (TPSA) is 22.1 Å². The van der Waals surface area contributed by atoms with Gasteiger partial charge < -0.3 is 4.74 Å². The van der Waals surface area contributed by atoms with E-state index in [0.717, 1.165) is 24.4 Å². The SMILES string of the molecule is CC\C=C/C(=C\C=C\CC)Oc1cccnc1. The molecule has 0 atom stereocenters. The molecule has 0 aliphatic rings. The summed E-state index contributed by atoms with van der Waals surface area (Å²) in [5, 5.41) is 0. The highest BCUT2D eigenvalue weighted by molar-refractivity contribution is 5.25. The molecule has 0 saturated heterocycles. The van der Waals surface area contributed by atoms with Gasteiger partial charge in [0.05, 0.1) is 6.20 Å². The zero-order valence-corrected chi connectivity index (χ0v) is 10.5. The second-order valence-corrected chi connectivity index (χ2v) is 3.51. The first-order valence-corrected chi connectivity index (χ1v) is 5.98. The number of aromatic nitrogens is 1. The maximum absolute atomic E-state index is 5.72. The number of hydrogen-bond acceptors (Lipinski definition) is 2. The second-order valence-electron chi connectivity index (χ2n) is 3.51. The largest absolute Gasteiger partial charge is 0.456 e. The predicted octanol–water partition coefficient (Wildman–Crippen LogP) is 4.28. The van der Waals surface area contributed by atoms with E-state index < -0.39 is 0 Å². The fourth-order valence-corrected chi connectivity index (χ4v) is 1.20. The summed E-state index contributed by atoms with van der Waals surface area (Å²) in [5.74, 6) is 1.58. The minimum Gasteiger partial charge on any atom is -0.456 e. The molecule has 0 saturated carbocycles. The van der Waals surface area contributed by atoms with Gasteiger partial charge in [0, 0.05) is 6.20 Å². The first-order valence-electron chi connectivity index (χ1n) is 5.98. The van der Waals surface area contributed by atoms with Crippen LogP contribution < -0.4 is 4.74 Å². The van der Waals surface area contributed by atoms with Crippen molar-refractivity contribution in [1.29, 1.82) is 0 Å². The van der Waals surface area contributed by atoms with E-state index in [1.54, 1.807) is 12.4 Å². The lowest BCUT2D eigenvalue weighted by Crippen LogP contribution is -1.92. The highest BCUT2D eigenvalue weighted by atomic mass is 16.5. The van der Waals surface area contributed by atoms with Gasteiger partial charge in [0.25, 0.3) is 0 Å². The Morgan fingerprint density at radius 2 is 2.12 bits per heavy atom. The number of allylic oxidation sites excluding steroid dienone is 5. The van der Waals surface area contributed by atoms with Crippen molar-refractivity contribution in [1.82, 2.24) is 4.98 Å². The molecule has 1 aromatic rings. The van der Waals surface area contributed by atoms with Crippen molar-refractivity contribution in [2.75, 3.05) is 0 Å². The first kappa shape index (κ1) is 13.2. The van der Waals surface area contributed by atoms with Crippen LogP contribution in [0.3, 0.4) is 0 Å². The van der Waals surface area contributed by atoms with Crippen molar-refractivity contribution in [2.24, 2.45) is 0 Å². The van der Waals surface area contributed by atoms with Gasteiger partial charge in [-0.05, 0) is 37.1 Å². The highest BCUT2D eigenvalue weighted by Crippen LogP contribution is 2.12. The number of pyridine rings is 1. The number of hydrogen-bond donors (Lipinski definition) is 0. The summed E-state index contributed by atoms with van der Waals surface area (Å²) in [4.78, 5) is 4.02. The third-order valence-corrected chi connectivity index (χ3v) is 2.02. The average molecular weight is 229 g/mol. The van der Waals surface area contributed by atoms with E-state index in [0.29, 0.717) is 0 Å². The first-order chi connectivity index (χ1) is 8.36. The summed E-state index contributed by atoms with van der Waals surface area (Å²) in [6.07, 6.45) is 15.6. The van der Waals surface area contributed by atoms with E-state index in [-0.39, 0.29) is 0 Å². The standard InChI is InChI=1S/C15H19NO/c1-3-5-7-10-14(9-6-4-2)17-15-11-8-12-16-13-15/h5-13H,3-4H2,1-2H3/b7-5+,9-6-,14-10+. The van der Waals surface area contributed by atoms with Crippen molar-refractivity contribution < 1.29 is 4.74 Å². The summed E-state index contributed by atoms with van der Waals surface area (Å²) in [6, 6.07) is 3.75. The average Bonchev–Trinajstić information content (AvgIpc) is 2.37. The molecule has 0 fully saturated rings. The summed E-state index contributed by atoms with van der Waals surface area (Å²) < 4.78 is 5.72. The van der Waals surface area contributed by atoms with Crippen LogP contribution in [0, 0.1) is 0 Å². The van der Waals surface area contributed by atoms with Crippen LogP contribution in [-0.4, -0.2) is 4.98 Å². The molecule has 0 N–H and O–H groups in total. The van der Waals surface area contributed by atoms with Gasteiger partial charge in [-0.1, -0.05) is 32.1 Å². The zero-order chi connectivity index (χ0) is 12.3. The van der Waals surface area contributed by atoms with Crippen molar-refractivity contribution in [3.05, 3.63) is 60.7 Å². The third kappa shape index (κ3) is 5.71. The molecule has 1 aromatic heterocycles. The van der Waals surface area contributed by atoms with Gasteiger partial charge in [0.2, 0.25) is 0 Å². The Morgan fingerprint density at radius 3 is 2.76 bits per heavy atom. The van der Waals surface area contributed by atoms with Crippen LogP contribution in [0.5, 0.6) is 5.75 Å². The summed E-state index contributed by atoms with van der Waals surface area (Å²) in [7, 11) is 0. The minimum absolute atomic E-state index is 0.754. The molecule has 0 aliphatic heterocycles.